The lowest BCUT2D eigenvalue weighted by Gasteiger charge is -2.02. The number of anilines is 1. The summed E-state index contributed by atoms with van der Waals surface area (Å²) in [4.78, 5) is 15.8. The SMILES string of the molecule is CCCC(=O)Nc1ccc2oc(CC)nc2c1. The van der Waals surface area contributed by atoms with Crippen molar-refractivity contribution in [1.29, 1.82) is 0 Å². The number of fused-ring (bicyclic) bond motifs is 1. The third-order valence-corrected chi connectivity index (χ3v) is 2.50. The van der Waals surface area contributed by atoms with Crippen LogP contribution in [0.3, 0.4) is 0 Å². The van der Waals surface area contributed by atoms with Crippen LogP contribution < -0.4 is 5.32 Å². The molecule has 0 aliphatic carbocycles. The van der Waals surface area contributed by atoms with Crippen LogP contribution in [0.25, 0.3) is 11.1 Å². The Hall–Kier alpha value is -1.84. The molecule has 0 fully saturated rings. The van der Waals surface area contributed by atoms with Gasteiger partial charge in [0.05, 0.1) is 0 Å². The summed E-state index contributed by atoms with van der Waals surface area (Å²) in [5, 5.41) is 2.84. The van der Waals surface area contributed by atoms with E-state index in [1.165, 1.54) is 0 Å². The molecule has 0 atom stereocenters. The van der Waals surface area contributed by atoms with Crippen molar-refractivity contribution in [2.45, 2.75) is 33.1 Å². The summed E-state index contributed by atoms with van der Waals surface area (Å²) in [5.41, 5.74) is 2.32. The standard InChI is InChI=1S/C13H16N2O2/c1-3-5-12(16)14-9-6-7-11-10(8-9)15-13(4-2)17-11/h6-8H,3-5H2,1-2H3,(H,14,16). The Kier molecular flexibility index (Phi) is 3.42. The van der Waals surface area contributed by atoms with Gasteiger partial charge >= 0.3 is 0 Å². The number of carbonyl (C=O) groups excluding carboxylic acids is 1. The van der Waals surface area contributed by atoms with Gasteiger partial charge in [0.1, 0.15) is 5.52 Å². The molecule has 1 N–H and O–H groups in total. The van der Waals surface area contributed by atoms with Crippen molar-refractivity contribution in [1.82, 2.24) is 4.98 Å². The first-order chi connectivity index (χ1) is 8.22. The highest BCUT2D eigenvalue weighted by Crippen LogP contribution is 2.20. The van der Waals surface area contributed by atoms with Gasteiger partial charge in [-0.15, -0.1) is 0 Å². The average molecular weight is 232 g/mol. The summed E-state index contributed by atoms with van der Waals surface area (Å²) in [5.74, 6) is 0.753. The Balaban J connectivity index is 2.21. The molecular formula is C13H16N2O2. The normalized spacial score (nSPS) is 10.7. The van der Waals surface area contributed by atoms with Crippen molar-refractivity contribution >= 4 is 22.7 Å². The predicted molar refractivity (Wildman–Crippen MR) is 66.9 cm³/mol. The van der Waals surface area contributed by atoms with Gasteiger partial charge < -0.3 is 9.73 Å². The fraction of sp³-hybridized carbons (Fsp3) is 0.385. The van der Waals surface area contributed by atoms with Crippen molar-refractivity contribution in [3.8, 4) is 0 Å². The number of hydrogen-bond acceptors (Lipinski definition) is 3. The molecule has 0 bridgehead atoms. The molecule has 0 saturated carbocycles. The van der Waals surface area contributed by atoms with E-state index in [4.69, 9.17) is 4.42 Å². The van der Waals surface area contributed by atoms with Gasteiger partial charge in [0.15, 0.2) is 11.5 Å². The van der Waals surface area contributed by atoms with Gasteiger partial charge in [0, 0.05) is 18.5 Å². The van der Waals surface area contributed by atoms with Crippen LogP contribution in [0, 0.1) is 0 Å². The van der Waals surface area contributed by atoms with Gasteiger partial charge in [-0.05, 0) is 24.6 Å². The smallest absolute Gasteiger partial charge is 0.224 e. The van der Waals surface area contributed by atoms with E-state index in [1.54, 1.807) is 0 Å². The van der Waals surface area contributed by atoms with Crippen molar-refractivity contribution in [2.24, 2.45) is 0 Å². The molecule has 4 nitrogen and oxygen atoms in total. The fourth-order valence-electron chi connectivity index (χ4n) is 1.65. The first-order valence-corrected chi connectivity index (χ1v) is 5.92. The van der Waals surface area contributed by atoms with Crippen LogP contribution in [0.15, 0.2) is 22.6 Å². The maximum absolute atomic E-state index is 11.5. The van der Waals surface area contributed by atoms with E-state index in [9.17, 15) is 4.79 Å². The number of rotatable bonds is 4. The minimum absolute atomic E-state index is 0.0334. The summed E-state index contributed by atoms with van der Waals surface area (Å²) in [7, 11) is 0. The first kappa shape index (κ1) is 11.6. The van der Waals surface area contributed by atoms with Crippen LogP contribution in [-0.4, -0.2) is 10.9 Å². The minimum Gasteiger partial charge on any atom is -0.441 e. The van der Waals surface area contributed by atoms with E-state index in [0.29, 0.717) is 6.42 Å². The summed E-state index contributed by atoms with van der Waals surface area (Å²) in [6.07, 6.45) is 2.15. The Morgan fingerprint density at radius 3 is 2.94 bits per heavy atom. The summed E-state index contributed by atoms with van der Waals surface area (Å²) < 4.78 is 5.50. The number of aromatic nitrogens is 1. The molecule has 0 aliphatic heterocycles. The fourth-order valence-corrected chi connectivity index (χ4v) is 1.65. The maximum Gasteiger partial charge on any atom is 0.224 e. The van der Waals surface area contributed by atoms with Gasteiger partial charge in [-0.25, -0.2) is 4.98 Å². The van der Waals surface area contributed by atoms with Crippen LogP contribution >= 0.6 is 0 Å². The Morgan fingerprint density at radius 1 is 1.41 bits per heavy atom. The lowest BCUT2D eigenvalue weighted by atomic mass is 10.2. The second-order valence-electron chi connectivity index (χ2n) is 3.94. The van der Waals surface area contributed by atoms with E-state index in [1.807, 2.05) is 32.0 Å². The van der Waals surface area contributed by atoms with E-state index < -0.39 is 0 Å². The highest BCUT2D eigenvalue weighted by Gasteiger charge is 2.06. The summed E-state index contributed by atoms with van der Waals surface area (Å²) >= 11 is 0. The van der Waals surface area contributed by atoms with Crippen molar-refractivity contribution < 1.29 is 9.21 Å². The number of nitrogens with one attached hydrogen (secondary N) is 1. The molecule has 90 valence electrons. The van der Waals surface area contributed by atoms with Crippen molar-refractivity contribution in [3.05, 3.63) is 24.1 Å². The van der Waals surface area contributed by atoms with Gasteiger partial charge in [0.2, 0.25) is 5.91 Å². The summed E-state index contributed by atoms with van der Waals surface area (Å²) in [6.45, 7) is 3.97. The van der Waals surface area contributed by atoms with Gasteiger partial charge in [-0.1, -0.05) is 13.8 Å². The Morgan fingerprint density at radius 2 is 2.24 bits per heavy atom. The number of amides is 1. The second-order valence-corrected chi connectivity index (χ2v) is 3.94. The molecule has 0 unspecified atom stereocenters. The Labute approximate surface area is 100 Å². The molecule has 1 amide bonds. The van der Waals surface area contributed by atoms with E-state index in [0.717, 1.165) is 35.5 Å². The molecule has 1 aromatic heterocycles. The van der Waals surface area contributed by atoms with Crippen molar-refractivity contribution in [3.63, 3.8) is 0 Å². The molecule has 0 saturated heterocycles. The van der Waals surface area contributed by atoms with E-state index >= 15 is 0 Å². The lowest BCUT2D eigenvalue weighted by molar-refractivity contribution is -0.116. The van der Waals surface area contributed by atoms with Crippen LogP contribution in [0.1, 0.15) is 32.6 Å². The van der Waals surface area contributed by atoms with Gasteiger partial charge in [-0.3, -0.25) is 4.79 Å². The lowest BCUT2D eigenvalue weighted by Crippen LogP contribution is -2.10. The quantitative estimate of drug-likeness (QED) is 0.881. The van der Waals surface area contributed by atoms with Crippen LogP contribution in [0.2, 0.25) is 0 Å². The second kappa shape index (κ2) is 4.99. The number of benzene rings is 1. The number of oxazole rings is 1. The molecule has 1 heterocycles. The largest absolute Gasteiger partial charge is 0.441 e. The zero-order valence-electron chi connectivity index (χ0n) is 10.1. The highest BCUT2D eigenvalue weighted by molar-refractivity contribution is 5.92. The number of nitrogens with zero attached hydrogens (tertiary/aromatic N) is 1. The zero-order chi connectivity index (χ0) is 12.3. The topological polar surface area (TPSA) is 55.1 Å². The number of hydrogen-bond donors (Lipinski definition) is 1. The van der Waals surface area contributed by atoms with E-state index in [2.05, 4.69) is 10.3 Å². The highest BCUT2D eigenvalue weighted by atomic mass is 16.3. The minimum atomic E-state index is 0.0334. The molecule has 0 spiro atoms. The molecular weight excluding hydrogens is 216 g/mol. The average Bonchev–Trinajstić information content (AvgIpc) is 2.71. The number of aryl methyl sites for hydroxylation is 1. The number of carbonyl (C=O) groups is 1. The first-order valence-electron chi connectivity index (χ1n) is 5.92. The van der Waals surface area contributed by atoms with Crippen LogP contribution in [0.5, 0.6) is 0 Å². The molecule has 1 aromatic carbocycles. The molecule has 0 radical (unpaired) electrons. The van der Waals surface area contributed by atoms with E-state index in [-0.39, 0.29) is 5.91 Å². The molecule has 2 rings (SSSR count). The zero-order valence-corrected chi connectivity index (χ0v) is 10.1. The maximum atomic E-state index is 11.5. The Bertz CT molecular complexity index is 531. The molecule has 0 aliphatic rings. The molecule has 4 heteroatoms. The van der Waals surface area contributed by atoms with Crippen LogP contribution in [-0.2, 0) is 11.2 Å². The van der Waals surface area contributed by atoms with Gasteiger partial charge in [-0.2, -0.15) is 0 Å². The van der Waals surface area contributed by atoms with Crippen LogP contribution in [0.4, 0.5) is 5.69 Å². The monoisotopic (exact) mass is 232 g/mol. The third kappa shape index (κ3) is 2.64. The summed E-state index contributed by atoms with van der Waals surface area (Å²) in [6, 6.07) is 5.51. The van der Waals surface area contributed by atoms with Crippen molar-refractivity contribution in [2.75, 3.05) is 5.32 Å². The van der Waals surface area contributed by atoms with Gasteiger partial charge in [0.25, 0.3) is 0 Å². The molecule has 2 aromatic rings. The molecule has 17 heavy (non-hydrogen) atoms. The third-order valence-electron chi connectivity index (χ3n) is 2.50. The predicted octanol–water partition coefficient (Wildman–Crippen LogP) is 3.13.